The summed E-state index contributed by atoms with van der Waals surface area (Å²) in [5.41, 5.74) is 1.22. The van der Waals surface area contributed by atoms with Crippen LogP contribution in [0.4, 0.5) is 0 Å². The topological polar surface area (TPSA) is 107 Å². The number of benzene rings is 1. The minimum atomic E-state index is -0.960. The third-order valence-electron chi connectivity index (χ3n) is 5.78. The molecule has 0 saturated carbocycles. The van der Waals surface area contributed by atoms with E-state index >= 15 is 0 Å². The second kappa shape index (κ2) is 13.0. The summed E-state index contributed by atoms with van der Waals surface area (Å²) in [5, 5.41) is 22.6. The maximum atomic E-state index is 13.1. The summed E-state index contributed by atoms with van der Waals surface area (Å²) in [6.07, 6.45) is 5.95. The molecule has 7 heteroatoms. The molecule has 0 bridgehead atoms. The molecular formula is C23H34N2O5. The fourth-order valence-electron chi connectivity index (χ4n) is 4.17. The van der Waals surface area contributed by atoms with Crippen LogP contribution in [-0.2, 0) is 20.8 Å². The number of carboxylic acids is 1. The predicted octanol–water partition coefficient (Wildman–Crippen LogP) is 2.37. The van der Waals surface area contributed by atoms with Crippen molar-refractivity contribution in [1.29, 1.82) is 0 Å². The molecule has 0 aliphatic carbocycles. The van der Waals surface area contributed by atoms with Gasteiger partial charge in [0.15, 0.2) is 0 Å². The van der Waals surface area contributed by atoms with Crippen molar-refractivity contribution >= 4 is 18.3 Å². The summed E-state index contributed by atoms with van der Waals surface area (Å²) in [6.45, 7) is 1.01. The van der Waals surface area contributed by atoms with Crippen molar-refractivity contribution in [2.75, 3.05) is 13.1 Å². The van der Waals surface area contributed by atoms with Gasteiger partial charge in [-0.2, -0.15) is 0 Å². The van der Waals surface area contributed by atoms with E-state index in [9.17, 15) is 24.6 Å². The fraction of sp³-hybridized carbons (Fsp3) is 0.609. The Labute approximate surface area is 178 Å². The number of carbonyl (C=O) groups excluding carboxylic acids is 2. The van der Waals surface area contributed by atoms with Gasteiger partial charge in [0.1, 0.15) is 6.04 Å². The Morgan fingerprint density at radius 1 is 1.17 bits per heavy atom. The maximum Gasteiger partial charge on any atom is 0.326 e. The number of carbonyl (C=O) groups is 3. The second-order valence-electron chi connectivity index (χ2n) is 8.06. The second-order valence-corrected chi connectivity index (χ2v) is 8.06. The molecule has 0 radical (unpaired) electrons. The highest BCUT2D eigenvalue weighted by Crippen LogP contribution is 2.26. The van der Waals surface area contributed by atoms with Gasteiger partial charge in [-0.05, 0) is 56.9 Å². The SMILES string of the molecule is O=CNCCCCC(CC(O)CCCc1ccccc1)C(=O)N1CCC[C@H]1C(=O)O. The normalized spacial score (nSPS) is 18.0. The van der Waals surface area contributed by atoms with Crippen LogP contribution in [-0.4, -0.2) is 58.6 Å². The first-order chi connectivity index (χ1) is 14.5. The third kappa shape index (κ3) is 7.78. The quantitative estimate of drug-likeness (QED) is 0.318. The predicted molar refractivity (Wildman–Crippen MR) is 114 cm³/mol. The minimum absolute atomic E-state index is 0.162. The molecule has 1 aliphatic rings. The number of aliphatic hydroxyl groups excluding tert-OH is 1. The highest BCUT2D eigenvalue weighted by Gasteiger charge is 2.37. The van der Waals surface area contributed by atoms with E-state index in [1.165, 1.54) is 10.5 Å². The molecular weight excluding hydrogens is 384 g/mol. The highest BCUT2D eigenvalue weighted by molar-refractivity contribution is 5.85. The Kier molecular flexibility index (Phi) is 10.3. The summed E-state index contributed by atoms with van der Waals surface area (Å²) in [4.78, 5) is 36.4. The Hall–Kier alpha value is -2.41. The van der Waals surface area contributed by atoms with Gasteiger partial charge in [-0.3, -0.25) is 9.59 Å². The number of nitrogens with one attached hydrogen (secondary N) is 1. The highest BCUT2D eigenvalue weighted by atomic mass is 16.4. The van der Waals surface area contributed by atoms with Crippen molar-refractivity contribution in [3.63, 3.8) is 0 Å². The number of hydrogen-bond acceptors (Lipinski definition) is 4. The van der Waals surface area contributed by atoms with Gasteiger partial charge < -0.3 is 20.4 Å². The lowest BCUT2D eigenvalue weighted by molar-refractivity contribution is -0.150. The largest absolute Gasteiger partial charge is 0.480 e. The average molecular weight is 419 g/mol. The number of rotatable bonds is 14. The van der Waals surface area contributed by atoms with Gasteiger partial charge in [-0.15, -0.1) is 0 Å². The van der Waals surface area contributed by atoms with Crippen molar-refractivity contribution in [1.82, 2.24) is 10.2 Å². The summed E-state index contributed by atoms with van der Waals surface area (Å²) in [6, 6.07) is 9.33. The van der Waals surface area contributed by atoms with Crippen molar-refractivity contribution in [2.45, 2.75) is 69.9 Å². The van der Waals surface area contributed by atoms with E-state index in [2.05, 4.69) is 17.4 Å². The van der Waals surface area contributed by atoms with Crippen LogP contribution < -0.4 is 5.32 Å². The van der Waals surface area contributed by atoms with Gasteiger partial charge in [0, 0.05) is 19.0 Å². The standard InChI is InChI=1S/C23H34N2O5/c26-17-24-14-5-4-11-19(22(28)25-15-7-13-21(25)23(29)30)16-20(27)12-6-10-18-8-2-1-3-9-18/h1-3,8-9,17,19-21,27H,4-7,10-16H2,(H,24,26)(H,29,30)/t19?,20?,21-/m0/s1. The molecule has 1 aromatic carbocycles. The first-order valence-corrected chi connectivity index (χ1v) is 10.9. The Bertz CT molecular complexity index is 667. The number of aryl methyl sites for hydroxylation is 1. The van der Waals surface area contributed by atoms with Gasteiger partial charge in [0.25, 0.3) is 0 Å². The Morgan fingerprint density at radius 2 is 1.93 bits per heavy atom. The Morgan fingerprint density at radius 3 is 2.63 bits per heavy atom. The number of carboxylic acid groups (broad SMARTS) is 1. The molecule has 3 N–H and O–H groups in total. The Balaban J connectivity index is 1.89. The first kappa shape index (κ1) is 23.9. The summed E-state index contributed by atoms with van der Waals surface area (Å²) in [7, 11) is 0. The van der Waals surface area contributed by atoms with Crippen LogP contribution in [0.2, 0.25) is 0 Å². The van der Waals surface area contributed by atoms with Gasteiger partial charge in [-0.25, -0.2) is 4.79 Å². The summed E-state index contributed by atoms with van der Waals surface area (Å²) < 4.78 is 0. The van der Waals surface area contributed by atoms with Crippen LogP contribution in [0.5, 0.6) is 0 Å². The molecule has 1 aromatic rings. The van der Waals surface area contributed by atoms with Crippen molar-refractivity contribution < 1.29 is 24.6 Å². The number of hydrogen-bond donors (Lipinski definition) is 3. The van der Waals surface area contributed by atoms with E-state index in [0.29, 0.717) is 51.6 Å². The van der Waals surface area contributed by atoms with Gasteiger partial charge in [0.2, 0.25) is 12.3 Å². The van der Waals surface area contributed by atoms with Gasteiger partial charge in [0.05, 0.1) is 6.10 Å². The zero-order chi connectivity index (χ0) is 21.8. The third-order valence-corrected chi connectivity index (χ3v) is 5.78. The molecule has 1 aliphatic heterocycles. The number of aliphatic carboxylic acids is 1. The van der Waals surface area contributed by atoms with Gasteiger partial charge >= 0.3 is 5.97 Å². The fourth-order valence-corrected chi connectivity index (χ4v) is 4.17. The van der Waals surface area contributed by atoms with E-state index in [1.807, 2.05) is 18.2 Å². The number of likely N-dealkylation sites (tertiary alicyclic amines) is 1. The van der Waals surface area contributed by atoms with E-state index in [4.69, 9.17) is 0 Å². The summed E-state index contributed by atoms with van der Waals surface area (Å²) >= 11 is 0. The maximum absolute atomic E-state index is 13.1. The monoisotopic (exact) mass is 418 g/mol. The average Bonchev–Trinajstić information content (AvgIpc) is 3.23. The molecule has 2 unspecified atom stereocenters. The van der Waals surface area contributed by atoms with Crippen molar-refractivity contribution in [3.05, 3.63) is 35.9 Å². The molecule has 166 valence electrons. The van der Waals surface area contributed by atoms with Crippen molar-refractivity contribution in [2.24, 2.45) is 5.92 Å². The molecule has 1 fully saturated rings. The molecule has 1 heterocycles. The lowest BCUT2D eigenvalue weighted by Crippen LogP contribution is -2.44. The molecule has 2 rings (SSSR count). The van der Waals surface area contributed by atoms with E-state index in [0.717, 1.165) is 25.7 Å². The molecule has 30 heavy (non-hydrogen) atoms. The molecule has 0 spiro atoms. The van der Waals surface area contributed by atoms with Gasteiger partial charge in [-0.1, -0.05) is 36.8 Å². The number of amides is 2. The smallest absolute Gasteiger partial charge is 0.326 e. The molecule has 3 atom stereocenters. The molecule has 7 nitrogen and oxygen atoms in total. The van der Waals surface area contributed by atoms with Crippen LogP contribution in [0.1, 0.15) is 56.9 Å². The molecule has 1 saturated heterocycles. The lowest BCUT2D eigenvalue weighted by Gasteiger charge is -2.28. The first-order valence-electron chi connectivity index (χ1n) is 10.9. The number of nitrogens with zero attached hydrogens (tertiary/aromatic N) is 1. The van der Waals surface area contributed by atoms with Crippen molar-refractivity contribution in [3.8, 4) is 0 Å². The van der Waals surface area contributed by atoms with Crippen LogP contribution in [0.25, 0.3) is 0 Å². The zero-order valence-electron chi connectivity index (χ0n) is 17.5. The minimum Gasteiger partial charge on any atom is -0.480 e. The van der Waals surface area contributed by atoms with E-state index < -0.39 is 24.0 Å². The zero-order valence-corrected chi connectivity index (χ0v) is 17.5. The number of aliphatic hydroxyl groups is 1. The number of unbranched alkanes of at least 4 members (excludes halogenated alkanes) is 1. The van der Waals surface area contributed by atoms with Crippen LogP contribution >= 0.6 is 0 Å². The van der Waals surface area contributed by atoms with Crippen LogP contribution in [0.15, 0.2) is 30.3 Å². The van der Waals surface area contributed by atoms with E-state index in [1.54, 1.807) is 0 Å². The molecule has 2 amide bonds. The van der Waals surface area contributed by atoms with Crippen LogP contribution in [0.3, 0.4) is 0 Å². The molecule has 0 aromatic heterocycles. The van der Waals surface area contributed by atoms with E-state index in [-0.39, 0.29) is 5.91 Å². The van der Waals surface area contributed by atoms with Crippen LogP contribution in [0, 0.1) is 5.92 Å². The summed E-state index contributed by atoms with van der Waals surface area (Å²) in [5.74, 6) is -1.52. The lowest BCUT2D eigenvalue weighted by atomic mass is 9.91.